The van der Waals surface area contributed by atoms with E-state index in [0.29, 0.717) is 23.9 Å². The summed E-state index contributed by atoms with van der Waals surface area (Å²) >= 11 is 16.0. The molecule has 284 valence electrons. The zero-order valence-electron chi connectivity index (χ0n) is 23.6. The van der Waals surface area contributed by atoms with Gasteiger partial charge in [-0.25, -0.2) is 13.2 Å². The lowest BCUT2D eigenvalue weighted by Crippen LogP contribution is -2.30. The quantitative estimate of drug-likeness (QED) is 0.102. The van der Waals surface area contributed by atoms with Gasteiger partial charge in [-0.1, -0.05) is 46.6 Å². The Labute approximate surface area is 303 Å². The van der Waals surface area contributed by atoms with E-state index in [-0.39, 0.29) is 27.2 Å². The number of carbonyl (C=O) groups excluding carboxylic acids is 2. The largest absolute Gasteiger partial charge is 0.471 e. The number of nitrogens with two attached hydrogens (primary N) is 1. The minimum atomic E-state index is -5.22. The van der Waals surface area contributed by atoms with E-state index in [0.717, 1.165) is 36.4 Å². The van der Waals surface area contributed by atoms with Gasteiger partial charge < -0.3 is 16.4 Å². The van der Waals surface area contributed by atoms with Crippen molar-refractivity contribution >= 4 is 99.0 Å². The van der Waals surface area contributed by atoms with Crippen molar-refractivity contribution in [2.75, 3.05) is 16.4 Å². The first-order chi connectivity index (χ1) is 22.9. The third-order valence-corrected chi connectivity index (χ3v) is 7.42. The average molecular weight is 875 g/mol. The third-order valence-electron chi connectivity index (χ3n) is 4.57. The van der Waals surface area contributed by atoms with Crippen LogP contribution in [-0.2, 0) is 9.59 Å². The highest BCUT2D eigenvalue weighted by Gasteiger charge is 2.40. The molecule has 0 heterocycles. The molecule has 0 atom stereocenters. The summed E-state index contributed by atoms with van der Waals surface area (Å²) in [5.41, 5.74) is -5.59. The summed E-state index contributed by atoms with van der Waals surface area (Å²) in [4.78, 5) is 20.6. The smallest absolute Gasteiger partial charge is 0.396 e. The van der Waals surface area contributed by atoms with Crippen LogP contribution in [0, 0.1) is 17.5 Å². The summed E-state index contributed by atoms with van der Waals surface area (Å²) in [5, 5.41) is 2.60. The molecule has 3 rings (SSSR count). The second-order valence-electron chi connectivity index (χ2n) is 8.51. The number of anilines is 3. The molecular formula is C25H13Cl3F15N3O2S3. The molecule has 0 spiro atoms. The van der Waals surface area contributed by atoms with Crippen LogP contribution in [0.25, 0.3) is 0 Å². The van der Waals surface area contributed by atoms with Gasteiger partial charge in [-0.2, -0.15) is 52.7 Å². The summed E-state index contributed by atoms with van der Waals surface area (Å²) in [7, 11) is 0. The van der Waals surface area contributed by atoms with E-state index in [1.165, 1.54) is 16.7 Å². The number of nitrogens with one attached hydrogen (secondary N) is 2. The van der Waals surface area contributed by atoms with E-state index >= 15 is 0 Å². The second-order valence-corrected chi connectivity index (χ2v) is 15.0. The van der Waals surface area contributed by atoms with Crippen LogP contribution >= 0.6 is 70.1 Å². The third kappa shape index (κ3) is 19.1. The normalized spacial score (nSPS) is 12.2. The van der Waals surface area contributed by atoms with E-state index in [4.69, 9.17) is 40.5 Å². The van der Waals surface area contributed by atoms with Gasteiger partial charge in [0, 0.05) is 14.7 Å². The Hall–Kier alpha value is -2.73. The molecule has 0 saturated heterocycles. The lowest BCUT2D eigenvalue weighted by atomic mass is 10.3. The van der Waals surface area contributed by atoms with E-state index in [1.807, 2.05) is 0 Å². The number of hydrogen-bond acceptors (Lipinski definition) is 6. The van der Waals surface area contributed by atoms with E-state index in [9.17, 15) is 75.4 Å². The lowest BCUT2D eigenvalue weighted by molar-refractivity contribution is -0.167. The summed E-state index contributed by atoms with van der Waals surface area (Å²) in [6.07, 6.45) is -10.3. The summed E-state index contributed by atoms with van der Waals surface area (Å²) in [6.45, 7) is 0. The van der Waals surface area contributed by atoms with Crippen LogP contribution in [0.1, 0.15) is 0 Å². The molecule has 2 amide bonds. The Morgan fingerprint density at radius 3 is 1.12 bits per heavy atom. The maximum absolute atomic E-state index is 13.4. The number of amides is 2. The van der Waals surface area contributed by atoms with Crippen LogP contribution in [0.5, 0.6) is 0 Å². The van der Waals surface area contributed by atoms with Crippen molar-refractivity contribution in [2.45, 2.75) is 41.2 Å². The Morgan fingerprint density at radius 2 is 0.843 bits per heavy atom. The molecule has 0 saturated carbocycles. The molecule has 51 heavy (non-hydrogen) atoms. The fourth-order valence-corrected chi connectivity index (χ4v) is 5.18. The standard InChI is InChI=1S/C9H4Cl3F4NOS.C9H4F7NOS.C7H5F4NS/c10-9(11,12)19-4-1-2-6(5(13)3-4)17-7(18)8(14,15)16;10-5-3-4(19-9(14,15)16)1-2-6(5)17-7(18)8(11,12)13;8-5-3-4(1-2-6(5)12)13-7(9,10)11/h2*1-3H,(H,17,18);1-3H,12H2. The molecule has 5 nitrogen and oxygen atoms in total. The number of thioether (sulfide) groups is 3. The van der Waals surface area contributed by atoms with Gasteiger partial charge >= 0.3 is 35.2 Å². The first-order valence-electron chi connectivity index (χ1n) is 12.0. The van der Waals surface area contributed by atoms with Gasteiger partial charge in [0.15, 0.2) is 0 Å². The Kier molecular flexibility index (Phi) is 16.7. The van der Waals surface area contributed by atoms with Gasteiger partial charge in [0.25, 0.3) is 0 Å². The van der Waals surface area contributed by atoms with E-state index in [1.54, 1.807) is 0 Å². The SMILES string of the molecule is Nc1ccc(SC(F)(F)F)cc1F.O=C(Nc1ccc(SC(Cl)(Cl)Cl)cc1F)C(F)(F)F.O=C(Nc1ccc(SC(F)(F)F)cc1F)C(F)(F)F. The fourth-order valence-electron chi connectivity index (χ4n) is 2.68. The van der Waals surface area contributed by atoms with Crippen LogP contribution < -0.4 is 16.4 Å². The number of benzene rings is 3. The first-order valence-corrected chi connectivity index (χ1v) is 15.6. The molecule has 0 aliphatic carbocycles. The zero-order chi connectivity index (χ0) is 39.8. The number of carbonyl (C=O) groups is 2. The lowest BCUT2D eigenvalue weighted by Gasteiger charge is -2.12. The van der Waals surface area contributed by atoms with Crippen LogP contribution in [-0.4, -0.2) is 38.3 Å². The summed E-state index contributed by atoms with van der Waals surface area (Å²) in [6, 6.07) is 7.72. The van der Waals surface area contributed by atoms with Gasteiger partial charge in [-0.05, 0) is 78.1 Å². The molecule has 0 aliphatic rings. The van der Waals surface area contributed by atoms with Crippen molar-refractivity contribution < 1.29 is 75.4 Å². The van der Waals surface area contributed by atoms with Gasteiger partial charge in [0.05, 0.1) is 17.1 Å². The Balaban J connectivity index is 0.000000390. The molecule has 4 N–H and O–H groups in total. The maximum atomic E-state index is 13.4. The minimum Gasteiger partial charge on any atom is -0.396 e. The number of hydrogen-bond donors (Lipinski definition) is 3. The van der Waals surface area contributed by atoms with Gasteiger partial charge in [-0.15, -0.1) is 0 Å². The molecule has 0 fully saturated rings. The topological polar surface area (TPSA) is 84.2 Å². The molecule has 0 bridgehead atoms. The monoisotopic (exact) mass is 873 g/mol. The van der Waals surface area contributed by atoms with E-state index in [2.05, 4.69) is 0 Å². The zero-order valence-corrected chi connectivity index (χ0v) is 28.3. The Bertz CT molecular complexity index is 1580. The van der Waals surface area contributed by atoms with Gasteiger partial charge in [0.1, 0.15) is 17.5 Å². The number of halogens is 18. The molecule has 26 heteroatoms. The highest BCUT2D eigenvalue weighted by atomic mass is 35.6. The summed E-state index contributed by atoms with van der Waals surface area (Å²) < 4.78 is 180. The Morgan fingerprint density at radius 1 is 0.529 bits per heavy atom. The van der Waals surface area contributed by atoms with Crippen molar-refractivity contribution in [1.82, 2.24) is 0 Å². The van der Waals surface area contributed by atoms with Crippen LogP contribution in [0.3, 0.4) is 0 Å². The van der Waals surface area contributed by atoms with Crippen LogP contribution in [0.4, 0.5) is 82.9 Å². The van der Waals surface area contributed by atoms with E-state index < -0.39 is 83.8 Å². The molecule has 3 aromatic carbocycles. The highest BCUT2D eigenvalue weighted by molar-refractivity contribution is 8.04. The predicted molar refractivity (Wildman–Crippen MR) is 163 cm³/mol. The van der Waals surface area contributed by atoms with Crippen molar-refractivity contribution in [1.29, 1.82) is 0 Å². The van der Waals surface area contributed by atoms with Crippen molar-refractivity contribution in [3.8, 4) is 0 Å². The molecule has 3 aromatic rings. The van der Waals surface area contributed by atoms with Gasteiger partial charge in [0.2, 0.25) is 3.12 Å². The highest BCUT2D eigenvalue weighted by Crippen LogP contribution is 2.44. The van der Waals surface area contributed by atoms with Crippen LogP contribution in [0.2, 0.25) is 0 Å². The summed E-state index contributed by atoms with van der Waals surface area (Å²) in [5.74, 6) is -7.99. The van der Waals surface area contributed by atoms with Crippen LogP contribution in [0.15, 0.2) is 69.3 Å². The molecule has 0 aromatic heterocycles. The predicted octanol–water partition coefficient (Wildman–Crippen LogP) is 11.7. The second kappa shape index (κ2) is 18.3. The minimum absolute atomic E-state index is 0.161. The van der Waals surface area contributed by atoms with Gasteiger partial charge in [-0.3, -0.25) is 9.59 Å². The van der Waals surface area contributed by atoms with Crippen molar-refractivity contribution in [3.05, 3.63) is 72.0 Å². The maximum Gasteiger partial charge on any atom is 0.471 e. The van der Waals surface area contributed by atoms with Crippen molar-refractivity contribution in [2.24, 2.45) is 0 Å². The fraction of sp³-hybridized carbons (Fsp3) is 0.200. The van der Waals surface area contributed by atoms with Crippen molar-refractivity contribution in [3.63, 3.8) is 0 Å². The molecular weight excluding hydrogens is 862 g/mol. The molecule has 0 aliphatic heterocycles. The average Bonchev–Trinajstić information content (AvgIpc) is 2.91. The number of nitrogen functional groups attached to an aromatic ring is 1. The number of alkyl halides is 15. The molecule has 0 radical (unpaired) electrons. The first kappa shape index (κ1) is 46.3. The number of rotatable bonds is 5. The molecule has 0 unspecified atom stereocenters.